The second kappa shape index (κ2) is 10.4. The van der Waals surface area contributed by atoms with Crippen molar-refractivity contribution < 1.29 is 14.3 Å². The summed E-state index contributed by atoms with van der Waals surface area (Å²) in [6.07, 6.45) is 1.27. The lowest BCUT2D eigenvalue weighted by Gasteiger charge is -2.14. The Morgan fingerprint density at radius 1 is 1.14 bits per heavy atom. The Bertz CT molecular complexity index is 837. The highest BCUT2D eigenvalue weighted by molar-refractivity contribution is 7.80. The van der Waals surface area contributed by atoms with Crippen molar-refractivity contribution in [2.45, 2.75) is 32.8 Å². The molecule has 0 aliphatic carbocycles. The Balaban J connectivity index is 1.93. The summed E-state index contributed by atoms with van der Waals surface area (Å²) in [6.45, 7) is 4.02. The van der Waals surface area contributed by atoms with Crippen LogP contribution in [-0.2, 0) is 11.2 Å². The first-order valence-electron chi connectivity index (χ1n) is 9.09. The van der Waals surface area contributed by atoms with Gasteiger partial charge in [0.1, 0.15) is 5.75 Å². The van der Waals surface area contributed by atoms with Crippen LogP contribution in [0.5, 0.6) is 5.75 Å². The molecule has 0 heterocycles. The topological polar surface area (TPSA) is 79.5 Å². The van der Waals surface area contributed by atoms with E-state index in [4.69, 9.17) is 17.0 Å². The van der Waals surface area contributed by atoms with Gasteiger partial charge in [0, 0.05) is 18.3 Å². The molecular formula is C21H25N3O3S. The average molecular weight is 400 g/mol. The average Bonchev–Trinajstić information content (AvgIpc) is 2.69. The summed E-state index contributed by atoms with van der Waals surface area (Å²) in [5.74, 6) is 0.277. The van der Waals surface area contributed by atoms with E-state index in [1.165, 1.54) is 0 Å². The maximum absolute atomic E-state index is 12.4. The third-order valence-electron chi connectivity index (χ3n) is 4.09. The fourth-order valence-corrected chi connectivity index (χ4v) is 2.55. The molecule has 0 saturated heterocycles. The second-order valence-corrected chi connectivity index (χ2v) is 6.73. The summed E-state index contributed by atoms with van der Waals surface area (Å²) in [5, 5.41) is 8.39. The maximum atomic E-state index is 12.4. The van der Waals surface area contributed by atoms with Gasteiger partial charge in [0.2, 0.25) is 5.91 Å². The highest BCUT2D eigenvalue weighted by atomic mass is 32.1. The molecule has 0 aromatic heterocycles. The lowest BCUT2D eigenvalue weighted by atomic mass is 10.1. The number of rotatable bonds is 7. The van der Waals surface area contributed by atoms with Crippen molar-refractivity contribution in [2.24, 2.45) is 0 Å². The summed E-state index contributed by atoms with van der Waals surface area (Å²) in [7, 11) is 1.60. The van der Waals surface area contributed by atoms with Crippen molar-refractivity contribution in [3.05, 3.63) is 59.7 Å². The third kappa shape index (κ3) is 6.66. The number of anilines is 1. The van der Waals surface area contributed by atoms with Crippen molar-refractivity contribution in [1.29, 1.82) is 0 Å². The smallest absolute Gasteiger partial charge is 0.257 e. The number of nitrogens with one attached hydrogen (secondary N) is 3. The molecule has 7 heteroatoms. The maximum Gasteiger partial charge on any atom is 0.257 e. The van der Waals surface area contributed by atoms with E-state index in [9.17, 15) is 9.59 Å². The fourth-order valence-electron chi connectivity index (χ4n) is 2.34. The van der Waals surface area contributed by atoms with Crippen molar-refractivity contribution in [3.63, 3.8) is 0 Å². The van der Waals surface area contributed by atoms with Crippen LogP contribution in [0.1, 0.15) is 36.2 Å². The number of hydrogen-bond donors (Lipinski definition) is 3. The van der Waals surface area contributed by atoms with Crippen molar-refractivity contribution >= 4 is 34.8 Å². The molecule has 0 radical (unpaired) electrons. The summed E-state index contributed by atoms with van der Waals surface area (Å²) in [6, 6.07) is 14.3. The molecule has 0 aliphatic rings. The van der Waals surface area contributed by atoms with Gasteiger partial charge in [0.15, 0.2) is 5.11 Å². The van der Waals surface area contributed by atoms with E-state index in [1.807, 2.05) is 32.0 Å². The molecule has 0 saturated carbocycles. The van der Waals surface area contributed by atoms with Crippen LogP contribution in [0, 0.1) is 0 Å². The summed E-state index contributed by atoms with van der Waals surface area (Å²) < 4.78 is 5.74. The lowest BCUT2D eigenvalue weighted by Crippen LogP contribution is -2.34. The highest BCUT2D eigenvalue weighted by Crippen LogP contribution is 2.16. The van der Waals surface area contributed by atoms with E-state index in [0.717, 1.165) is 17.7 Å². The number of carbonyl (C=O) groups is 2. The van der Waals surface area contributed by atoms with Crippen molar-refractivity contribution in [2.75, 3.05) is 12.4 Å². The second-order valence-electron chi connectivity index (χ2n) is 6.32. The van der Waals surface area contributed by atoms with Gasteiger partial charge in [-0.25, -0.2) is 0 Å². The first kappa shape index (κ1) is 21.4. The molecule has 6 nitrogen and oxygen atoms in total. The van der Waals surface area contributed by atoms with Crippen molar-refractivity contribution in [1.82, 2.24) is 10.6 Å². The van der Waals surface area contributed by atoms with Gasteiger partial charge in [0.25, 0.3) is 5.91 Å². The van der Waals surface area contributed by atoms with Crippen LogP contribution < -0.4 is 20.7 Å². The summed E-state index contributed by atoms with van der Waals surface area (Å²) in [4.78, 5) is 23.8. The molecule has 1 atom stereocenters. The van der Waals surface area contributed by atoms with Gasteiger partial charge in [-0.2, -0.15) is 0 Å². The summed E-state index contributed by atoms with van der Waals surface area (Å²) >= 11 is 5.22. The van der Waals surface area contributed by atoms with Gasteiger partial charge in [0.05, 0.1) is 12.5 Å². The van der Waals surface area contributed by atoms with Gasteiger partial charge < -0.3 is 15.4 Å². The molecule has 0 spiro atoms. The zero-order chi connectivity index (χ0) is 20.5. The Hall–Kier alpha value is -2.93. The quantitative estimate of drug-likeness (QED) is 0.623. The van der Waals surface area contributed by atoms with E-state index in [1.54, 1.807) is 37.4 Å². The van der Waals surface area contributed by atoms with E-state index in [0.29, 0.717) is 17.7 Å². The molecule has 148 valence electrons. The third-order valence-corrected chi connectivity index (χ3v) is 4.29. The van der Waals surface area contributed by atoms with Crippen LogP contribution >= 0.6 is 12.2 Å². The van der Waals surface area contributed by atoms with Gasteiger partial charge in [-0.05, 0) is 61.5 Å². The van der Waals surface area contributed by atoms with Crippen LogP contribution in [0.4, 0.5) is 5.69 Å². The fraction of sp³-hybridized carbons (Fsp3) is 0.286. The monoisotopic (exact) mass is 399 g/mol. The molecule has 0 bridgehead atoms. The minimum Gasteiger partial charge on any atom is -0.491 e. The largest absolute Gasteiger partial charge is 0.491 e. The van der Waals surface area contributed by atoms with Crippen molar-refractivity contribution in [3.8, 4) is 5.75 Å². The standard InChI is InChI=1S/C21H25N3O3S/c1-4-14(2)27-18-7-5-6-16(13-18)20(26)24-21(28)23-17-10-8-15(9-11-17)12-19(25)22-3/h5-11,13-14H,4,12H2,1-3H3,(H,22,25)(H2,23,24,26,28). The number of thiocarbonyl (C=S) groups is 1. The molecule has 3 N–H and O–H groups in total. The molecule has 2 amide bonds. The van der Waals surface area contributed by atoms with Gasteiger partial charge in [-0.1, -0.05) is 25.1 Å². The predicted molar refractivity (Wildman–Crippen MR) is 115 cm³/mol. The molecule has 1 unspecified atom stereocenters. The van der Waals surface area contributed by atoms with Crippen LogP contribution in [-0.4, -0.2) is 30.1 Å². The normalized spacial score (nSPS) is 11.2. The van der Waals surface area contributed by atoms with Crippen LogP contribution in [0.2, 0.25) is 0 Å². The predicted octanol–water partition coefficient (Wildman–Crippen LogP) is 3.28. The number of hydrogen-bond acceptors (Lipinski definition) is 4. The van der Waals surface area contributed by atoms with Crippen LogP contribution in [0.3, 0.4) is 0 Å². The van der Waals surface area contributed by atoms with E-state index in [-0.39, 0.29) is 23.0 Å². The number of ether oxygens (including phenoxy) is 1. The Labute approximate surface area is 170 Å². The van der Waals surface area contributed by atoms with Gasteiger partial charge >= 0.3 is 0 Å². The van der Waals surface area contributed by atoms with E-state index in [2.05, 4.69) is 16.0 Å². The van der Waals surface area contributed by atoms with E-state index >= 15 is 0 Å². The molecule has 2 rings (SSSR count). The lowest BCUT2D eigenvalue weighted by molar-refractivity contribution is -0.119. The minimum atomic E-state index is -0.316. The molecule has 2 aromatic rings. The number of benzene rings is 2. The van der Waals surface area contributed by atoms with E-state index < -0.39 is 0 Å². The van der Waals surface area contributed by atoms with Crippen LogP contribution in [0.15, 0.2) is 48.5 Å². The molecule has 2 aromatic carbocycles. The molecule has 0 fully saturated rings. The first-order valence-corrected chi connectivity index (χ1v) is 9.50. The van der Waals surface area contributed by atoms with Gasteiger partial charge in [-0.3, -0.25) is 14.9 Å². The molecule has 0 aliphatic heterocycles. The summed E-state index contributed by atoms with van der Waals surface area (Å²) in [5.41, 5.74) is 2.07. The molecular weight excluding hydrogens is 374 g/mol. The Kier molecular flexibility index (Phi) is 7.95. The first-order chi connectivity index (χ1) is 13.4. The number of likely N-dealkylation sites (N-methyl/N-ethyl adjacent to an activating group) is 1. The SMILES string of the molecule is CCC(C)Oc1cccc(C(=O)NC(=S)Nc2ccc(CC(=O)NC)cc2)c1. The number of carbonyl (C=O) groups excluding carboxylic acids is 2. The zero-order valence-corrected chi connectivity index (χ0v) is 17.1. The van der Waals surface area contributed by atoms with Gasteiger partial charge in [-0.15, -0.1) is 0 Å². The highest BCUT2D eigenvalue weighted by Gasteiger charge is 2.10. The Morgan fingerprint density at radius 3 is 2.50 bits per heavy atom. The Morgan fingerprint density at radius 2 is 1.86 bits per heavy atom. The zero-order valence-electron chi connectivity index (χ0n) is 16.2. The minimum absolute atomic E-state index is 0.0527. The number of amides is 2. The van der Waals surface area contributed by atoms with Crippen LogP contribution in [0.25, 0.3) is 0 Å². The molecule has 28 heavy (non-hydrogen) atoms.